The standard InChI is InChI=1S/C15H25NO/c1-5-10-17-15-9-7-6-8-14(15)13(4)16-11-12(2)3/h6-9,12-13,16H,5,10-11H2,1-4H3/t13-/m0/s1. The highest BCUT2D eigenvalue weighted by Gasteiger charge is 2.10. The van der Waals surface area contributed by atoms with E-state index < -0.39 is 0 Å². The van der Waals surface area contributed by atoms with Crippen molar-refractivity contribution in [1.29, 1.82) is 0 Å². The summed E-state index contributed by atoms with van der Waals surface area (Å²) in [6.07, 6.45) is 1.04. The van der Waals surface area contributed by atoms with Gasteiger partial charge in [-0.25, -0.2) is 0 Å². The van der Waals surface area contributed by atoms with E-state index in [0.29, 0.717) is 12.0 Å². The van der Waals surface area contributed by atoms with Crippen LogP contribution >= 0.6 is 0 Å². The number of benzene rings is 1. The molecule has 0 unspecified atom stereocenters. The molecule has 0 aliphatic carbocycles. The SMILES string of the molecule is CCCOc1ccccc1[C@H](C)NCC(C)C. The normalized spacial score (nSPS) is 12.8. The van der Waals surface area contributed by atoms with Crippen molar-refractivity contribution in [3.8, 4) is 5.75 Å². The van der Waals surface area contributed by atoms with Crippen LogP contribution in [0.25, 0.3) is 0 Å². The van der Waals surface area contributed by atoms with Crippen LogP contribution < -0.4 is 10.1 Å². The number of nitrogens with one attached hydrogen (secondary N) is 1. The second-order valence-electron chi connectivity index (χ2n) is 4.91. The summed E-state index contributed by atoms with van der Waals surface area (Å²) < 4.78 is 5.77. The summed E-state index contributed by atoms with van der Waals surface area (Å²) in [6, 6.07) is 8.64. The van der Waals surface area contributed by atoms with Gasteiger partial charge in [-0.3, -0.25) is 0 Å². The molecule has 1 N–H and O–H groups in total. The monoisotopic (exact) mass is 235 g/mol. The minimum atomic E-state index is 0.338. The third kappa shape index (κ3) is 4.78. The molecule has 0 fully saturated rings. The molecule has 0 amide bonds. The summed E-state index contributed by atoms with van der Waals surface area (Å²) >= 11 is 0. The summed E-state index contributed by atoms with van der Waals surface area (Å²) in [5, 5.41) is 3.54. The highest BCUT2D eigenvalue weighted by Crippen LogP contribution is 2.24. The molecule has 1 rings (SSSR count). The zero-order valence-corrected chi connectivity index (χ0v) is 11.5. The van der Waals surface area contributed by atoms with Crippen LogP contribution in [-0.4, -0.2) is 13.2 Å². The quantitative estimate of drug-likeness (QED) is 0.776. The molecule has 2 heteroatoms. The molecule has 1 aromatic rings. The average molecular weight is 235 g/mol. The van der Waals surface area contributed by atoms with Crippen LogP contribution in [-0.2, 0) is 0 Å². The van der Waals surface area contributed by atoms with E-state index in [1.165, 1.54) is 5.56 Å². The Morgan fingerprint density at radius 3 is 2.53 bits per heavy atom. The van der Waals surface area contributed by atoms with Crippen molar-refractivity contribution in [1.82, 2.24) is 5.32 Å². The van der Waals surface area contributed by atoms with E-state index in [1.54, 1.807) is 0 Å². The molecule has 17 heavy (non-hydrogen) atoms. The number of para-hydroxylation sites is 1. The minimum absolute atomic E-state index is 0.338. The van der Waals surface area contributed by atoms with Crippen LogP contribution in [0.3, 0.4) is 0 Å². The van der Waals surface area contributed by atoms with Gasteiger partial charge in [0.25, 0.3) is 0 Å². The highest BCUT2D eigenvalue weighted by molar-refractivity contribution is 5.35. The lowest BCUT2D eigenvalue weighted by Crippen LogP contribution is -2.23. The van der Waals surface area contributed by atoms with E-state index in [-0.39, 0.29) is 0 Å². The molecule has 0 saturated carbocycles. The third-order valence-electron chi connectivity index (χ3n) is 2.68. The summed E-state index contributed by atoms with van der Waals surface area (Å²) in [4.78, 5) is 0. The van der Waals surface area contributed by atoms with Crippen molar-refractivity contribution in [3.63, 3.8) is 0 Å². The van der Waals surface area contributed by atoms with E-state index in [0.717, 1.165) is 25.3 Å². The van der Waals surface area contributed by atoms with Crippen LogP contribution in [0.2, 0.25) is 0 Å². The van der Waals surface area contributed by atoms with Gasteiger partial charge in [0.15, 0.2) is 0 Å². The summed E-state index contributed by atoms with van der Waals surface area (Å²) in [7, 11) is 0. The van der Waals surface area contributed by atoms with Crippen LogP contribution in [0.1, 0.15) is 45.7 Å². The number of rotatable bonds is 7. The minimum Gasteiger partial charge on any atom is -0.493 e. The van der Waals surface area contributed by atoms with E-state index in [2.05, 4.69) is 51.2 Å². The van der Waals surface area contributed by atoms with Crippen molar-refractivity contribution in [3.05, 3.63) is 29.8 Å². The molecule has 1 atom stereocenters. The van der Waals surface area contributed by atoms with E-state index in [4.69, 9.17) is 4.74 Å². The fraction of sp³-hybridized carbons (Fsp3) is 0.600. The maximum atomic E-state index is 5.77. The van der Waals surface area contributed by atoms with Crippen LogP contribution in [0, 0.1) is 5.92 Å². The molecular weight excluding hydrogens is 210 g/mol. The smallest absolute Gasteiger partial charge is 0.124 e. The second kappa shape index (κ2) is 7.33. The van der Waals surface area contributed by atoms with Crippen LogP contribution in [0.15, 0.2) is 24.3 Å². The number of hydrogen-bond donors (Lipinski definition) is 1. The first-order valence-corrected chi connectivity index (χ1v) is 6.60. The van der Waals surface area contributed by atoms with Gasteiger partial charge in [0.1, 0.15) is 5.75 Å². The Morgan fingerprint density at radius 1 is 1.18 bits per heavy atom. The predicted octanol–water partition coefficient (Wildman–Crippen LogP) is 3.78. The molecule has 0 radical (unpaired) electrons. The van der Waals surface area contributed by atoms with Gasteiger partial charge in [0, 0.05) is 11.6 Å². The Balaban J connectivity index is 2.67. The van der Waals surface area contributed by atoms with Gasteiger partial charge in [0.05, 0.1) is 6.61 Å². The molecule has 0 saturated heterocycles. The van der Waals surface area contributed by atoms with E-state index in [9.17, 15) is 0 Å². The van der Waals surface area contributed by atoms with Gasteiger partial charge in [-0.1, -0.05) is 39.0 Å². The molecule has 0 aliphatic rings. The van der Waals surface area contributed by atoms with E-state index in [1.807, 2.05) is 6.07 Å². The van der Waals surface area contributed by atoms with Crippen molar-refractivity contribution in [2.45, 2.75) is 40.2 Å². The van der Waals surface area contributed by atoms with Crippen LogP contribution in [0.5, 0.6) is 5.75 Å². The zero-order valence-electron chi connectivity index (χ0n) is 11.5. The predicted molar refractivity (Wildman–Crippen MR) is 73.5 cm³/mol. The Morgan fingerprint density at radius 2 is 1.88 bits per heavy atom. The molecule has 96 valence electrons. The maximum Gasteiger partial charge on any atom is 0.124 e. The Hall–Kier alpha value is -1.02. The van der Waals surface area contributed by atoms with Gasteiger partial charge >= 0.3 is 0 Å². The molecule has 0 heterocycles. The third-order valence-corrected chi connectivity index (χ3v) is 2.68. The van der Waals surface area contributed by atoms with Gasteiger partial charge in [-0.2, -0.15) is 0 Å². The first-order valence-electron chi connectivity index (χ1n) is 6.60. The van der Waals surface area contributed by atoms with Crippen molar-refractivity contribution in [2.24, 2.45) is 5.92 Å². The first kappa shape index (κ1) is 14.0. The molecule has 0 aliphatic heterocycles. The summed E-state index contributed by atoms with van der Waals surface area (Å²) in [5.74, 6) is 1.68. The van der Waals surface area contributed by atoms with Crippen molar-refractivity contribution < 1.29 is 4.74 Å². The summed E-state index contributed by atoms with van der Waals surface area (Å²) in [6.45, 7) is 10.6. The Labute approximate surface area is 105 Å². The summed E-state index contributed by atoms with van der Waals surface area (Å²) in [5.41, 5.74) is 1.25. The molecule has 1 aromatic carbocycles. The lowest BCUT2D eigenvalue weighted by Gasteiger charge is -2.19. The fourth-order valence-corrected chi connectivity index (χ4v) is 1.70. The van der Waals surface area contributed by atoms with Crippen molar-refractivity contribution in [2.75, 3.05) is 13.2 Å². The Kier molecular flexibility index (Phi) is 6.06. The van der Waals surface area contributed by atoms with E-state index >= 15 is 0 Å². The maximum absolute atomic E-state index is 5.77. The molecule has 0 spiro atoms. The number of hydrogen-bond acceptors (Lipinski definition) is 2. The van der Waals surface area contributed by atoms with Crippen LogP contribution in [0.4, 0.5) is 0 Å². The average Bonchev–Trinajstić information content (AvgIpc) is 2.33. The van der Waals surface area contributed by atoms with Gasteiger partial charge < -0.3 is 10.1 Å². The lowest BCUT2D eigenvalue weighted by atomic mass is 10.1. The van der Waals surface area contributed by atoms with Gasteiger partial charge in [0.2, 0.25) is 0 Å². The molecular formula is C15H25NO. The zero-order chi connectivity index (χ0) is 12.7. The Bertz CT molecular complexity index is 322. The molecule has 2 nitrogen and oxygen atoms in total. The van der Waals surface area contributed by atoms with Gasteiger partial charge in [-0.05, 0) is 31.9 Å². The molecule has 0 bridgehead atoms. The lowest BCUT2D eigenvalue weighted by molar-refractivity contribution is 0.310. The second-order valence-corrected chi connectivity index (χ2v) is 4.91. The first-order chi connectivity index (χ1) is 8.15. The number of ether oxygens (including phenoxy) is 1. The fourth-order valence-electron chi connectivity index (χ4n) is 1.70. The van der Waals surface area contributed by atoms with Gasteiger partial charge in [-0.15, -0.1) is 0 Å². The topological polar surface area (TPSA) is 21.3 Å². The highest BCUT2D eigenvalue weighted by atomic mass is 16.5. The molecule has 0 aromatic heterocycles. The largest absolute Gasteiger partial charge is 0.493 e. The van der Waals surface area contributed by atoms with Crippen molar-refractivity contribution >= 4 is 0 Å².